The molecular formula is C32H32N4O2. The van der Waals surface area contributed by atoms with E-state index in [9.17, 15) is 25.8 Å². The van der Waals surface area contributed by atoms with Crippen LogP contribution in [0.15, 0.2) is 24.3 Å². The van der Waals surface area contributed by atoms with Gasteiger partial charge in [-0.2, -0.15) is 21.0 Å². The first kappa shape index (κ1) is 26.9. The van der Waals surface area contributed by atoms with Crippen molar-refractivity contribution in [1.82, 2.24) is 0 Å². The maximum Gasteiger partial charge on any atom is 0.310 e. The van der Waals surface area contributed by atoms with Gasteiger partial charge in [-0.1, -0.05) is 38.5 Å². The number of fused-ring (bicyclic) bond motifs is 3. The number of nitriles is 4. The molecule has 2 bridgehead atoms. The molecule has 0 N–H and O–H groups in total. The number of carbonyl (C=O) groups excluding carboxylic acids is 1. The van der Waals surface area contributed by atoms with Gasteiger partial charge in [0.1, 0.15) is 35.6 Å². The molecule has 192 valence electrons. The first-order chi connectivity index (χ1) is 18.4. The molecule has 0 saturated heterocycles. The van der Waals surface area contributed by atoms with Gasteiger partial charge in [-0.3, -0.25) is 4.79 Å². The zero-order chi connectivity index (χ0) is 27.3. The summed E-state index contributed by atoms with van der Waals surface area (Å²) in [7, 11) is 0. The van der Waals surface area contributed by atoms with Gasteiger partial charge in [0.15, 0.2) is 0 Å². The largest absolute Gasteiger partial charge is 0.425 e. The van der Waals surface area contributed by atoms with Crippen molar-refractivity contribution in [2.75, 3.05) is 0 Å². The third-order valence-electron chi connectivity index (χ3n) is 8.92. The number of aryl methyl sites for hydroxylation is 2. The molecule has 0 unspecified atom stereocenters. The molecule has 0 amide bonds. The van der Waals surface area contributed by atoms with Crippen molar-refractivity contribution in [3.05, 3.63) is 63.2 Å². The summed E-state index contributed by atoms with van der Waals surface area (Å²) in [4.78, 5) is 11.7. The average molecular weight is 505 g/mol. The minimum Gasteiger partial charge on any atom is -0.425 e. The highest BCUT2D eigenvalue weighted by molar-refractivity contribution is 5.74. The van der Waals surface area contributed by atoms with Crippen molar-refractivity contribution < 1.29 is 9.53 Å². The van der Waals surface area contributed by atoms with Crippen LogP contribution in [-0.2, 0) is 23.1 Å². The Morgan fingerprint density at radius 3 is 1.79 bits per heavy atom. The number of nitrogens with zero attached hydrogens (tertiary/aromatic N) is 4. The molecule has 3 saturated carbocycles. The number of esters is 1. The van der Waals surface area contributed by atoms with Gasteiger partial charge in [-0.15, -0.1) is 0 Å². The van der Waals surface area contributed by atoms with Crippen molar-refractivity contribution in [1.29, 1.82) is 21.0 Å². The Hall–Kier alpha value is -4.13. The maximum absolute atomic E-state index is 11.7. The molecule has 2 aromatic rings. The number of hydrogen-bond donors (Lipinski definition) is 0. The van der Waals surface area contributed by atoms with Crippen LogP contribution >= 0.6 is 0 Å². The summed E-state index contributed by atoms with van der Waals surface area (Å²) in [5, 5.41) is 39.7. The lowest BCUT2D eigenvalue weighted by molar-refractivity contribution is -0.134. The quantitative estimate of drug-likeness (QED) is 0.292. The van der Waals surface area contributed by atoms with Gasteiger partial charge in [0.05, 0.1) is 16.7 Å². The van der Waals surface area contributed by atoms with E-state index in [0.29, 0.717) is 34.9 Å². The van der Waals surface area contributed by atoms with Gasteiger partial charge in [0.25, 0.3) is 0 Å². The fourth-order valence-corrected chi connectivity index (χ4v) is 6.74. The van der Waals surface area contributed by atoms with E-state index in [1.54, 1.807) is 19.1 Å². The van der Waals surface area contributed by atoms with E-state index in [0.717, 1.165) is 30.4 Å². The zero-order valence-electron chi connectivity index (χ0n) is 22.2. The Labute approximate surface area is 225 Å². The van der Waals surface area contributed by atoms with Crippen LogP contribution in [0.5, 0.6) is 5.75 Å². The SMILES string of the molecule is CCCC12CCC(c3ccc(CCc4ccc(OC(=O)CC)c(C#N)c4C#N)c(C#N)c3C#N)(CC1)CC2. The van der Waals surface area contributed by atoms with Crippen LogP contribution in [0.3, 0.4) is 0 Å². The second kappa shape index (κ2) is 11.1. The smallest absolute Gasteiger partial charge is 0.310 e. The Balaban J connectivity index is 1.62. The summed E-state index contributed by atoms with van der Waals surface area (Å²) >= 11 is 0. The minimum absolute atomic E-state index is 0.0217. The summed E-state index contributed by atoms with van der Waals surface area (Å²) in [5.74, 6) is -0.400. The molecule has 0 aliphatic heterocycles. The van der Waals surface area contributed by atoms with Gasteiger partial charge in [-0.05, 0) is 91.4 Å². The number of rotatable bonds is 8. The van der Waals surface area contributed by atoms with Crippen LogP contribution in [0.4, 0.5) is 0 Å². The molecule has 0 aromatic heterocycles. The first-order valence-corrected chi connectivity index (χ1v) is 13.5. The summed E-state index contributed by atoms with van der Waals surface area (Å²) in [6.45, 7) is 3.91. The Bertz CT molecular complexity index is 1400. The van der Waals surface area contributed by atoms with Gasteiger partial charge >= 0.3 is 5.97 Å². The second-order valence-electron chi connectivity index (χ2n) is 10.8. The van der Waals surface area contributed by atoms with E-state index in [4.69, 9.17) is 4.74 Å². The predicted octanol–water partition coefficient (Wildman–Crippen LogP) is 6.67. The predicted molar refractivity (Wildman–Crippen MR) is 142 cm³/mol. The van der Waals surface area contributed by atoms with Gasteiger partial charge in [-0.25, -0.2) is 0 Å². The van der Waals surface area contributed by atoms with Crippen molar-refractivity contribution in [3.63, 3.8) is 0 Å². The van der Waals surface area contributed by atoms with Crippen LogP contribution in [0.2, 0.25) is 0 Å². The highest BCUT2D eigenvalue weighted by Crippen LogP contribution is 2.60. The molecule has 3 aliphatic carbocycles. The molecule has 0 radical (unpaired) electrons. The van der Waals surface area contributed by atoms with Crippen LogP contribution < -0.4 is 4.74 Å². The summed E-state index contributed by atoms with van der Waals surface area (Å²) in [5.41, 5.74) is 3.99. The number of benzene rings is 2. The molecule has 2 aromatic carbocycles. The summed E-state index contributed by atoms with van der Waals surface area (Å²) in [6.07, 6.45) is 10.3. The molecule has 3 fully saturated rings. The van der Waals surface area contributed by atoms with E-state index < -0.39 is 5.97 Å². The maximum atomic E-state index is 11.7. The Kier molecular flexibility index (Phi) is 7.86. The van der Waals surface area contributed by atoms with Crippen LogP contribution in [-0.4, -0.2) is 5.97 Å². The standard InChI is InChI=1S/C32H32N4O2/c1-3-11-31-12-15-32(16-13-31,17-14-31)28-9-7-22(24(18-33)26(28)20-35)5-6-23-8-10-29(38-30(37)4-2)27(21-36)25(23)19-34/h7-10H,3-6,11-17H2,1-2H3. The monoisotopic (exact) mass is 504 g/mol. The van der Waals surface area contributed by atoms with E-state index >= 15 is 0 Å². The molecule has 3 aliphatic rings. The lowest BCUT2D eigenvalue weighted by atomic mass is 9.50. The highest BCUT2D eigenvalue weighted by atomic mass is 16.5. The van der Waals surface area contributed by atoms with E-state index in [-0.39, 0.29) is 28.7 Å². The van der Waals surface area contributed by atoms with Crippen molar-refractivity contribution >= 4 is 5.97 Å². The topological polar surface area (TPSA) is 121 Å². The van der Waals surface area contributed by atoms with Gasteiger partial charge in [0.2, 0.25) is 0 Å². The molecule has 0 heterocycles. The third kappa shape index (κ3) is 4.76. The zero-order valence-corrected chi connectivity index (χ0v) is 22.2. The lowest BCUT2D eigenvalue weighted by Gasteiger charge is -2.54. The Morgan fingerprint density at radius 2 is 1.29 bits per heavy atom. The van der Waals surface area contributed by atoms with E-state index in [2.05, 4.69) is 31.2 Å². The molecule has 5 rings (SSSR count). The number of hydrogen-bond acceptors (Lipinski definition) is 6. The highest BCUT2D eigenvalue weighted by Gasteiger charge is 2.49. The second-order valence-corrected chi connectivity index (χ2v) is 10.8. The van der Waals surface area contributed by atoms with E-state index in [1.165, 1.54) is 32.1 Å². The summed E-state index contributed by atoms with van der Waals surface area (Å²) in [6, 6.07) is 16.0. The van der Waals surface area contributed by atoms with Crippen LogP contribution in [0, 0.1) is 50.7 Å². The fourth-order valence-electron chi connectivity index (χ4n) is 6.74. The minimum atomic E-state index is -0.479. The van der Waals surface area contributed by atoms with Crippen LogP contribution in [0.1, 0.15) is 111 Å². The molecule has 38 heavy (non-hydrogen) atoms. The number of ether oxygens (including phenoxy) is 1. The van der Waals surface area contributed by atoms with Crippen LogP contribution in [0.25, 0.3) is 0 Å². The van der Waals surface area contributed by atoms with Gasteiger partial charge in [0, 0.05) is 6.42 Å². The van der Waals surface area contributed by atoms with Gasteiger partial charge < -0.3 is 4.74 Å². The molecule has 0 atom stereocenters. The first-order valence-electron chi connectivity index (χ1n) is 13.5. The summed E-state index contributed by atoms with van der Waals surface area (Å²) < 4.78 is 5.23. The Morgan fingerprint density at radius 1 is 0.763 bits per heavy atom. The lowest BCUT2D eigenvalue weighted by Crippen LogP contribution is -2.44. The van der Waals surface area contributed by atoms with Crippen molar-refractivity contribution in [2.24, 2.45) is 5.41 Å². The average Bonchev–Trinajstić information content (AvgIpc) is 2.96. The van der Waals surface area contributed by atoms with Crippen molar-refractivity contribution in [2.45, 2.75) is 89.9 Å². The normalized spacial score (nSPS) is 21.5. The molecule has 6 heteroatoms. The molecular weight excluding hydrogens is 472 g/mol. The number of carbonyl (C=O) groups is 1. The van der Waals surface area contributed by atoms with E-state index in [1.807, 2.05) is 12.1 Å². The third-order valence-corrected chi connectivity index (χ3v) is 8.92. The molecule has 0 spiro atoms. The molecule has 6 nitrogen and oxygen atoms in total. The van der Waals surface area contributed by atoms with Crippen molar-refractivity contribution in [3.8, 4) is 30.0 Å². The fraction of sp³-hybridized carbons (Fsp3) is 0.469.